The molecule has 0 aromatic heterocycles. The van der Waals surface area contributed by atoms with Crippen molar-refractivity contribution in [1.29, 1.82) is 5.26 Å². The topological polar surface area (TPSA) is 45.5 Å². The van der Waals surface area contributed by atoms with Crippen LogP contribution in [0.1, 0.15) is 26.2 Å². The van der Waals surface area contributed by atoms with Gasteiger partial charge in [-0.25, -0.2) is 0 Å². The van der Waals surface area contributed by atoms with Gasteiger partial charge in [0, 0.05) is 46.2 Å². The van der Waals surface area contributed by atoms with Crippen LogP contribution in [-0.4, -0.2) is 44.0 Å². The van der Waals surface area contributed by atoms with Gasteiger partial charge in [-0.2, -0.15) is 5.26 Å². The molecule has 0 bridgehead atoms. The molecule has 1 fully saturated rings. The van der Waals surface area contributed by atoms with E-state index in [1.807, 2.05) is 0 Å². The molecule has 1 aliphatic heterocycles. The molecule has 15 heavy (non-hydrogen) atoms. The standard InChI is InChI=1S/C11H20N2O2/c1-10(4-7-12)13-8-5-11(14-2,15-3)6-9-13/h10H,4-6,8-9H2,1-3H3. The summed E-state index contributed by atoms with van der Waals surface area (Å²) in [5, 5.41) is 8.64. The second kappa shape index (κ2) is 5.45. The van der Waals surface area contributed by atoms with E-state index in [9.17, 15) is 0 Å². The van der Waals surface area contributed by atoms with Crippen LogP contribution in [-0.2, 0) is 9.47 Å². The van der Waals surface area contributed by atoms with Crippen LogP contribution in [0.2, 0.25) is 0 Å². The smallest absolute Gasteiger partial charge is 0.169 e. The lowest BCUT2D eigenvalue weighted by Crippen LogP contribution is -2.49. The van der Waals surface area contributed by atoms with Crippen LogP contribution in [0.15, 0.2) is 0 Å². The first kappa shape index (κ1) is 12.4. The van der Waals surface area contributed by atoms with Crippen molar-refractivity contribution >= 4 is 0 Å². The zero-order valence-corrected chi connectivity index (χ0v) is 9.82. The van der Waals surface area contributed by atoms with Crippen LogP contribution >= 0.6 is 0 Å². The third-order valence-electron chi connectivity index (χ3n) is 3.31. The van der Waals surface area contributed by atoms with E-state index in [-0.39, 0.29) is 0 Å². The number of ether oxygens (including phenoxy) is 2. The van der Waals surface area contributed by atoms with Crippen molar-refractivity contribution in [1.82, 2.24) is 4.90 Å². The van der Waals surface area contributed by atoms with Gasteiger partial charge in [-0.1, -0.05) is 0 Å². The number of methoxy groups -OCH3 is 2. The van der Waals surface area contributed by atoms with Crippen molar-refractivity contribution < 1.29 is 9.47 Å². The second-order valence-electron chi connectivity index (χ2n) is 4.07. The van der Waals surface area contributed by atoms with Gasteiger partial charge < -0.3 is 9.47 Å². The quantitative estimate of drug-likeness (QED) is 0.660. The molecular weight excluding hydrogens is 192 g/mol. The van der Waals surface area contributed by atoms with Crippen molar-refractivity contribution in [3.63, 3.8) is 0 Å². The summed E-state index contributed by atoms with van der Waals surface area (Å²) in [6, 6.07) is 2.54. The number of nitriles is 1. The first-order chi connectivity index (χ1) is 7.17. The normalized spacial score (nSPS) is 23.3. The fraction of sp³-hybridized carbons (Fsp3) is 0.909. The first-order valence-corrected chi connectivity index (χ1v) is 5.39. The average molecular weight is 212 g/mol. The lowest BCUT2D eigenvalue weighted by molar-refractivity contribution is -0.230. The number of nitrogens with zero attached hydrogens (tertiary/aromatic N) is 2. The largest absolute Gasteiger partial charge is 0.353 e. The van der Waals surface area contributed by atoms with E-state index in [1.54, 1.807) is 14.2 Å². The number of hydrogen-bond acceptors (Lipinski definition) is 4. The van der Waals surface area contributed by atoms with Crippen LogP contribution in [0.5, 0.6) is 0 Å². The van der Waals surface area contributed by atoms with Gasteiger partial charge in [-0.15, -0.1) is 0 Å². The fourth-order valence-corrected chi connectivity index (χ4v) is 2.06. The van der Waals surface area contributed by atoms with Gasteiger partial charge >= 0.3 is 0 Å². The van der Waals surface area contributed by atoms with E-state index in [0.29, 0.717) is 12.5 Å². The zero-order chi connectivity index (χ0) is 11.3. The summed E-state index contributed by atoms with van der Waals surface area (Å²) in [6.07, 6.45) is 2.33. The first-order valence-electron chi connectivity index (χ1n) is 5.39. The molecule has 1 heterocycles. The maximum atomic E-state index is 8.64. The van der Waals surface area contributed by atoms with Crippen molar-refractivity contribution in [3.05, 3.63) is 0 Å². The second-order valence-corrected chi connectivity index (χ2v) is 4.07. The molecule has 0 saturated carbocycles. The van der Waals surface area contributed by atoms with E-state index in [2.05, 4.69) is 17.9 Å². The molecule has 1 atom stereocenters. The SMILES string of the molecule is COC1(OC)CCN(C(C)CC#N)CC1. The summed E-state index contributed by atoms with van der Waals surface area (Å²) in [4.78, 5) is 2.32. The van der Waals surface area contributed by atoms with Gasteiger partial charge in [0.25, 0.3) is 0 Å². The molecule has 4 heteroatoms. The Morgan fingerprint density at radius 3 is 2.27 bits per heavy atom. The van der Waals surface area contributed by atoms with Crippen LogP contribution in [0.3, 0.4) is 0 Å². The minimum absolute atomic E-state index is 0.335. The van der Waals surface area contributed by atoms with Crippen molar-refractivity contribution in [3.8, 4) is 6.07 Å². The molecule has 1 unspecified atom stereocenters. The summed E-state index contributed by atoms with van der Waals surface area (Å²) in [5.41, 5.74) is 0. The highest BCUT2D eigenvalue weighted by Crippen LogP contribution is 2.27. The molecule has 1 rings (SSSR count). The van der Waals surface area contributed by atoms with E-state index in [1.165, 1.54) is 0 Å². The molecule has 4 nitrogen and oxygen atoms in total. The molecule has 0 spiro atoms. The number of piperidine rings is 1. The Balaban J connectivity index is 2.45. The molecule has 1 saturated heterocycles. The summed E-state index contributed by atoms with van der Waals surface area (Å²) in [6.45, 7) is 3.96. The highest BCUT2D eigenvalue weighted by atomic mass is 16.7. The van der Waals surface area contributed by atoms with Crippen LogP contribution in [0.25, 0.3) is 0 Å². The summed E-state index contributed by atoms with van der Waals surface area (Å²) in [5.74, 6) is -0.400. The Morgan fingerprint density at radius 2 is 1.87 bits per heavy atom. The number of rotatable bonds is 4. The van der Waals surface area contributed by atoms with E-state index >= 15 is 0 Å². The molecule has 0 amide bonds. The predicted molar refractivity (Wildman–Crippen MR) is 57.2 cm³/mol. The lowest BCUT2D eigenvalue weighted by Gasteiger charge is -2.41. The molecule has 0 aromatic rings. The third-order valence-corrected chi connectivity index (χ3v) is 3.31. The van der Waals surface area contributed by atoms with E-state index in [0.717, 1.165) is 25.9 Å². The Kier molecular flexibility index (Phi) is 4.52. The maximum absolute atomic E-state index is 8.64. The summed E-state index contributed by atoms with van der Waals surface area (Å²) in [7, 11) is 3.38. The van der Waals surface area contributed by atoms with Crippen LogP contribution in [0, 0.1) is 11.3 Å². The van der Waals surface area contributed by atoms with Gasteiger partial charge in [0.05, 0.1) is 12.5 Å². The Labute approximate surface area is 91.8 Å². The summed E-state index contributed by atoms with van der Waals surface area (Å²) >= 11 is 0. The number of hydrogen-bond donors (Lipinski definition) is 0. The molecule has 0 aromatic carbocycles. The molecule has 86 valence electrons. The van der Waals surface area contributed by atoms with Crippen molar-refractivity contribution in [2.24, 2.45) is 0 Å². The number of likely N-dealkylation sites (tertiary alicyclic amines) is 1. The van der Waals surface area contributed by atoms with Gasteiger partial charge in [0.1, 0.15) is 0 Å². The predicted octanol–water partition coefficient (Wildman–Crippen LogP) is 1.37. The van der Waals surface area contributed by atoms with Crippen LogP contribution < -0.4 is 0 Å². The monoisotopic (exact) mass is 212 g/mol. The van der Waals surface area contributed by atoms with E-state index in [4.69, 9.17) is 14.7 Å². The third kappa shape index (κ3) is 2.91. The average Bonchev–Trinajstić information content (AvgIpc) is 2.29. The van der Waals surface area contributed by atoms with Crippen molar-refractivity contribution in [2.45, 2.75) is 38.0 Å². The Morgan fingerprint density at radius 1 is 1.33 bits per heavy atom. The van der Waals surface area contributed by atoms with Gasteiger partial charge in [0.2, 0.25) is 0 Å². The Bertz CT molecular complexity index is 223. The minimum atomic E-state index is -0.400. The minimum Gasteiger partial charge on any atom is -0.353 e. The van der Waals surface area contributed by atoms with Gasteiger partial charge in [-0.3, -0.25) is 4.90 Å². The molecular formula is C11H20N2O2. The molecule has 0 radical (unpaired) electrons. The van der Waals surface area contributed by atoms with Crippen LogP contribution in [0.4, 0.5) is 0 Å². The van der Waals surface area contributed by atoms with Gasteiger partial charge in [0.15, 0.2) is 5.79 Å². The highest BCUT2D eigenvalue weighted by Gasteiger charge is 2.35. The highest BCUT2D eigenvalue weighted by molar-refractivity contribution is 4.85. The van der Waals surface area contributed by atoms with Gasteiger partial charge in [-0.05, 0) is 6.92 Å². The van der Waals surface area contributed by atoms with Crippen molar-refractivity contribution in [2.75, 3.05) is 27.3 Å². The van der Waals surface area contributed by atoms with E-state index < -0.39 is 5.79 Å². The zero-order valence-electron chi connectivity index (χ0n) is 9.82. The Hall–Kier alpha value is -0.630. The molecule has 0 N–H and O–H groups in total. The molecule has 0 aliphatic carbocycles. The maximum Gasteiger partial charge on any atom is 0.169 e. The summed E-state index contributed by atoms with van der Waals surface area (Å²) < 4.78 is 10.8. The molecule has 1 aliphatic rings. The fourth-order valence-electron chi connectivity index (χ4n) is 2.06. The lowest BCUT2D eigenvalue weighted by atomic mass is 10.0.